The van der Waals surface area contributed by atoms with Crippen LogP contribution < -0.4 is 10.1 Å². The largest absolute Gasteiger partial charge is 0.492 e. The summed E-state index contributed by atoms with van der Waals surface area (Å²) in [5.41, 5.74) is 2.72. The van der Waals surface area contributed by atoms with Crippen LogP contribution in [0.3, 0.4) is 0 Å². The molecular weight excluding hydrogens is 383 g/mol. The molecule has 0 spiro atoms. The first-order valence-corrected chi connectivity index (χ1v) is 9.36. The van der Waals surface area contributed by atoms with E-state index in [2.05, 4.69) is 15.3 Å². The van der Waals surface area contributed by atoms with Crippen LogP contribution in [0.1, 0.15) is 18.5 Å². The van der Waals surface area contributed by atoms with Gasteiger partial charge in [0.25, 0.3) is 5.95 Å². The molecule has 1 aliphatic rings. The molecule has 1 aliphatic carbocycles. The molecule has 8 heteroatoms. The van der Waals surface area contributed by atoms with E-state index in [0.29, 0.717) is 28.9 Å². The number of amides is 2. The number of hydrogen-bond acceptors (Lipinski definition) is 3. The molecule has 1 saturated carbocycles. The number of nitrogens with zero attached hydrogens (tertiary/aromatic N) is 2. The molecule has 2 amide bonds. The second-order valence-electron chi connectivity index (χ2n) is 6.90. The van der Waals surface area contributed by atoms with Gasteiger partial charge < -0.3 is 19.9 Å². The molecule has 0 atom stereocenters. The summed E-state index contributed by atoms with van der Waals surface area (Å²) in [6.07, 6.45) is 2.13. The van der Waals surface area contributed by atoms with Crippen molar-refractivity contribution in [3.63, 3.8) is 0 Å². The van der Waals surface area contributed by atoms with Crippen LogP contribution in [0.25, 0.3) is 22.2 Å². The number of carbonyl (C=O) groups excluding carboxylic acids is 1. The maximum Gasteiger partial charge on any atom is 0.317 e. The third-order valence-corrected chi connectivity index (χ3v) is 5.23. The number of methoxy groups -OCH3 is 1. The summed E-state index contributed by atoms with van der Waals surface area (Å²) in [4.78, 5) is 21.1. The lowest BCUT2D eigenvalue weighted by Crippen LogP contribution is -2.38. The van der Waals surface area contributed by atoms with Crippen molar-refractivity contribution in [2.24, 2.45) is 0 Å². The lowest BCUT2D eigenvalue weighted by molar-refractivity contribution is 0.206. The zero-order valence-electron chi connectivity index (χ0n) is 15.6. The Kier molecular flexibility index (Phi) is 4.85. The molecule has 146 valence electrons. The van der Waals surface area contributed by atoms with Crippen LogP contribution >= 0.6 is 11.6 Å². The van der Waals surface area contributed by atoms with Crippen LogP contribution in [-0.4, -0.2) is 41.1 Å². The van der Waals surface area contributed by atoms with Gasteiger partial charge in [0.1, 0.15) is 0 Å². The average molecular weight is 403 g/mol. The van der Waals surface area contributed by atoms with Crippen LogP contribution in [0.5, 0.6) is 5.75 Å². The minimum atomic E-state index is -0.689. The van der Waals surface area contributed by atoms with Crippen molar-refractivity contribution in [2.75, 3.05) is 14.2 Å². The normalized spacial score (nSPS) is 13.6. The fraction of sp³-hybridized carbons (Fsp3) is 0.300. The number of aromatic amines is 1. The van der Waals surface area contributed by atoms with E-state index >= 15 is 0 Å². The van der Waals surface area contributed by atoms with E-state index in [9.17, 15) is 9.18 Å². The van der Waals surface area contributed by atoms with E-state index in [1.54, 1.807) is 17.0 Å². The molecule has 2 heterocycles. The summed E-state index contributed by atoms with van der Waals surface area (Å²) in [7, 11) is 3.20. The summed E-state index contributed by atoms with van der Waals surface area (Å²) < 4.78 is 18.9. The Balaban J connectivity index is 1.56. The number of fused-ring (bicyclic) bond motifs is 1. The van der Waals surface area contributed by atoms with Crippen LogP contribution in [0.2, 0.25) is 5.02 Å². The van der Waals surface area contributed by atoms with Gasteiger partial charge in [-0.05, 0) is 43.2 Å². The second kappa shape index (κ2) is 7.31. The highest BCUT2D eigenvalue weighted by Crippen LogP contribution is 2.32. The smallest absolute Gasteiger partial charge is 0.317 e. The molecule has 2 aromatic heterocycles. The van der Waals surface area contributed by atoms with Gasteiger partial charge >= 0.3 is 6.03 Å². The molecule has 28 heavy (non-hydrogen) atoms. The van der Waals surface area contributed by atoms with Gasteiger partial charge in [-0.25, -0.2) is 9.78 Å². The average Bonchev–Trinajstić information content (AvgIpc) is 3.45. The highest BCUT2D eigenvalue weighted by molar-refractivity contribution is 6.34. The second-order valence-corrected chi connectivity index (χ2v) is 7.31. The quantitative estimate of drug-likeness (QED) is 0.624. The molecule has 0 bridgehead atoms. The lowest BCUT2D eigenvalue weighted by atomic mass is 10.1. The van der Waals surface area contributed by atoms with Gasteiger partial charge in [0.15, 0.2) is 5.75 Å². The monoisotopic (exact) mass is 402 g/mol. The Morgan fingerprint density at radius 3 is 2.86 bits per heavy atom. The summed E-state index contributed by atoms with van der Waals surface area (Å²) in [6, 6.07) is 9.02. The van der Waals surface area contributed by atoms with Gasteiger partial charge in [-0.15, -0.1) is 0 Å². The topological polar surface area (TPSA) is 70.2 Å². The number of urea groups is 1. The molecular formula is C20H20ClFN4O2. The van der Waals surface area contributed by atoms with Gasteiger partial charge in [-0.3, -0.25) is 0 Å². The molecule has 0 saturated heterocycles. The maximum absolute atomic E-state index is 14.0. The number of halogens is 2. The highest BCUT2D eigenvalue weighted by atomic mass is 35.5. The Morgan fingerprint density at radius 2 is 2.18 bits per heavy atom. The number of rotatable bonds is 5. The zero-order valence-corrected chi connectivity index (χ0v) is 16.3. The van der Waals surface area contributed by atoms with E-state index in [1.165, 1.54) is 13.2 Å². The summed E-state index contributed by atoms with van der Waals surface area (Å²) in [6.45, 7) is 0.382. The van der Waals surface area contributed by atoms with E-state index < -0.39 is 5.95 Å². The molecule has 2 N–H and O–H groups in total. The van der Waals surface area contributed by atoms with Crippen molar-refractivity contribution >= 4 is 28.5 Å². The predicted molar refractivity (Wildman–Crippen MR) is 106 cm³/mol. The van der Waals surface area contributed by atoms with Crippen molar-refractivity contribution in [3.8, 4) is 17.0 Å². The van der Waals surface area contributed by atoms with Crippen LogP contribution in [0.15, 0.2) is 30.3 Å². The zero-order chi connectivity index (χ0) is 19.8. The standard InChI is InChI=1S/C20H20ClFN4O2/c1-26(13-3-4-13)20(27)23-10-12-7-11-8-15(21)14(9-17(11)24-12)16-5-6-18(28-2)19(22)25-16/h5-9,13,24H,3-4,10H2,1-2H3,(H,23,27). The van der Waals surface area contributed by atoms with Crippen molar-refractivity contribution in [1.82, 2.24) is 20.2 Å². The molecule has 4 rings (SSSR count). The number of benzene rings is 1. The highest BCUT2D eigenvalue weighted by Gasteiger charge is 2.29. The number of ether oxygens (including phenoxy) is 1. The predicted octanol–water partition coefficient (Wildman–Crippen LogP) is 4.33. The third-order valence-electron chi connectivity index (χ3n) is 4.92. The number of nitrogens with one attached hydrogen (secondary N) is 2. The van der Waals surface area contributed by atoms with Gasteiger partial charge in [-0.1, -0.05) is 11.6 Å². The Morgan fingerprint density at radius 1 is 1.39 bits per heavy atom. The minimum Gasteiger partial charge on any atom is -0.492 e. The van der Waals surface area contributed by atoms with Crippen molar-refractivity contribution in [2.45, 2.75) is 25.4 Å². The van der Waals surface area contributed by atoms with Crippen molar-refractivity contribution in [3.05, 3.63) is 47.0 Å². The SMILES string of the molecule is COc1ccc(-c2cc3[nH]c(CNC(=O)N(C)C4CC4)cc3cc2Cl)nc1F. The summed E-state index contributed by atoms with van der Waals surface area (Å²) in [5.74, 6) is -0.610. The molecule has 6 nitrogen and oxygen atoms in total. The van der Waals surface area contributed by atoms with E-state index in [1.807, 2.05) is 19.2 Å². The molecule has 0 radical (unpaired) electrons. The van der Waals surface area contributed by atoms with Gasteiger partial charge in [0.2, 0.25) is 0 Å². The van der Waals surface area contributed by atoms with Crippen LogP contribution in [0, 0.1) is 5.95 Å². The molecule has 0 aliphatic heterocycles. The molecule has 0 unspecified atom stereocenters. The Labute approximate surface area is 166 Å². The van der Waals surface area contributed by atoms with E-state index in [4.69, 9.17) is 16.3 Å². The minimum absolute atomic E-state index is 0.0787. The lowest BCUT2D eigenvalue weighted by Gasteiger charge is -2.16. The Hall–Kier alpha value is -2.80. The molecule has 1 aromatic carbocycles. The van der Waals surface area contributed by atoms with Crippen molar-refractivity contribution < 1.29 is 13.9 Å². The Bertz CT molecular complexity index is 1050. The number of H-pyrrole nitrogens is 1. The first-order valence-electron chi connectivity index (χ1n) is 8.99. The van der Waals surface area contributed by atoms with Gasteiger partial charge in [-0.2, -0.15) is 4.39 Å². The number of pyridine rings is 1. The van der Waals surface area contributed by atoms with Gasteiger partial charge in [0, 0.05) is 35.2 Å². The number of hydrogen-bond donors (Lipinski definition) is 2. The number of aromatic nitrogens is 2. The van der Waals surface area contributed by atoms with Crippen LogP contribution in [-0.2, 0) is 6.54 Å². The maximum atomic E-state index is 14.0. The summed E-state index contributed by atoms with van der Waals surface area (Å²) in [5, 5.41) is 4.28. The van der Waals surface area contributed by atoms with E-state index in [0.717, 1.165) is 29.4 Å². The van der Waals surface area contributed by atoms with Gasteiger partial charge in [0.05, 0.1) is 24.4 Å². The van der Waals surface area contributed by atoms with E-state index in [-0.39, 0.29) is 11.8 Å². The summed E-state index contributed by atoms with van der Waals surface area (Å²) >= 11 is 6.40. The number of carbonyl (C=O) groups is 1. The first kappa shape index (κ1) is 18.6. The van der Waals surface area contributed by atoms with Crippen molar-refractivity contribution in [1.29, 1.82) is 0 Å². The molecule has 1 fully saturated rings. The fourth-order valence-corrected chi connectivity index (χ4v) is 3.42. The first-order chi connectivity index (χ1) is 13.5. The molecule has 3 aromatic rings. The fourth-order valence-electron chi connectivity index (χ4n) is 3.15. The van der Waals surface area contributed by atoms with Crippen LogP contribution in [0.4, 0.5) is 9.18 Å². The third kappa shape index (κ3) is 3.62.